The standard InChI is InChI=1S/C21H17NO4S/c1-25-16-7-4-14(5-8-16)12-22-17-11-15(21(24)19-3-2-10-27-19)6-9-18(17)26-13-20(22)23/h2-11H,12-13H2,1H3. The number of methoxy groups -OCH3 is 1. The van der Waals surface area contributed by atoms with Gasteiger partial charge in [-0.1, -0.05) is 18.2 Å². The Bertz CT molecular complexity index is 980. The zero-order chi connectivity index (χ0) is 18.8. The van der Waals surface area contributed by atoms with Gasteiger partial charge in [-0.15, -0.1) is 11.3 Å². The summed E-state index contributed by atoms with van der Waals surface area (Å²) in [4.78, 5) is 27.5. The van der Waals surface area contributed by atoms with Gasteiger partial charge in [0.05, 0.1) is 24.2 Å². The second-order valence-electron chi connectivity index (χ2n) is 6.11. The molecule has 0 saturated carbocycles. The zero-order valence-corrected chi connectivity index (χ0v) is 15.5. The van der Waals surface area contributed by atoms with Crippen LogP contribution in [0.25, 0.3) is 0 Å². The van der Waals surface area contributed by atoms with Crippen molar-refractivity contribution < 1.29 is 19.1 Å². The summed E-state index contributed by atoms with van der Waals surface area (Å²) in [6, 6.07) is 16.4. The number of rotatable bonds is 5. The van der Waals surface area contributed by atoms with Gasteiger partial charge < -0.3 is 14.4 Å². The summed E-state index contributed by atoms with van der Waals surface area (Å²) in [7, 11) is 1.61. The van der Waals surface area contributed by atoms with Crippen molar-refractivity contribution in [3.63, 3.8) is 0 Å². The molecule has 4 rings (SSSR count). The van der Waals surface area contributed by atoms with Crippen molar-refractivity contribution in [2.45, 2.75) is 6.54 Å². The number of hydrogen-bond donors (Lipinski definition) is 0. The van der Waals surface area contributed by atoms with Crippen LogP contribution in [0.3, 0.4) is 0 Å². The monoisotopic (exact) mass is 379 g/mol. The van der Waals surface area contributed by atoms with Gasteiger partial charge >= 0.3 is 0 Å². The number of anilines is 1. The maximum Gasteiger partial charge on any atom is 0.265 e. The number of fused-ring (bicyclic) bond motifs is 1. The van der Waals surface area contributed by atoms with Crippen molar-refractivity contribution in [2.75, 3.05) is 18.6 Å². The molecule has 5 nitrogen and oxygen atoms in total. The van der Waals surface area contributed by atoms with Crippen molar-refractivity contribution in [1.82, 2.24) is 0 Å². The van der Waals surface area contributed by atoms with E-state index in [1.807, 2.05) is 35.7 Å². The molecule has 0 saturated heterocycles. The molecule has 27 heavy (non-hydrogen) atoms. The third-order valence-electron chi connectivity index (χ3n) is 4.41. The lowest BCUT2D eigenvalue weighted by atomic mass is 10.1. The molecule has 2 aromatic carbocycles. The van der Waals surface area contributed by atoms with E-state index in [1.54, 1.807) is 36.3 Å². The maximum atomic E-state index is 12.7. The van der Waals surface area contributed by atoms with Gasteiger partial charge in [-0.2, -0.15) is 0 Å². The highest BCUT2D eigenvalue weighted by molar-refractivity contribution is 7.12. The topological polar surface area (TPSA) is 55.8 Å². The van der Waals surface area contributed by atoms with E-state index in [9.17, 15) is 9.59 Å². The Morgan fingerprint density at radius 2 is 2.00 bits per heavy atom. The van der Waals surface area contributed by atoms with Crippen molar-refractivity contribution in [2.24, 2.45) is 0 Å². The molecule has 0 spiro atoms. The van der Waals surface area contributed by atoms with E-state index >= 15 is 0 Å². The average Bonchev–Trinajstić information content (AvgIpc) is 3.24. The molecule has 2 heterocycles. The highest BCUT2D eigenvalue weighted by atomic mass is 32.1. The number of ketones is 1. The molecule has 1 aliphatic rings. The van der Waals surface area contributed by atoms with Crippen molar-refractivity contribution in [3.05, 3.63) is 76.0 Å². The van der Waals surface area contributed by atoms with Gasteiger partial charge in [0.25, 0.3) is 5.91 Å². The molecule has 136 valence electrons. The van der Waals surface area contributed by atoms with Gasteiger partial charge in [-0.05, 0) is 47.3 Å². The predicted octanol–water partition coefficient (Wildman–Crippen LogP) is 3.91. The van der Waals surface area contributed by atoms with Crippen molar-refractivity contribution in [1.29, 1.82) is 0 Å². The van der Waals surface area contributed by atoms with Crippen molar-refractivity contribution >= 4 is 28.7 Å². The molecule has 6 heteroatoms. The lowest BCUT2D eigenvalue weighted by Crippen LogP contribution is -2.38. The first-order chi connectivity index (χ1) is 13.2. The first-order valence-electron chi connectivity index (χ1n) is 8.44. The second kappa shape index (κ2) is 7.25. The van der Waals surface area contributed by atoms with Crippen LogP contribution in [-0.4, -0.2) is 25.4 Å². The molecule has 0 N–H and O–H groups in total. The molecule has 1 amide bonds. The summed E-state index contributed by atoms with van der Waals surface area (Å²) in [5.74, 6) is 1.16. The van der Waals surface area contributed by atoms with Crippen LogP contribution in [0, 0.1) is 0 Å². The van der Waals surface area contributed by atoms with E-state index < -0.39 is 0 Å². The molecule has 0 atom stereocenters. The molecular formula is C21H17NO4S. The molecule has 3 aromatic rings. The number of carbonyl (C=O) groups is 2. The molecule has 0 fully saturated rings. The van der Waals surface area contributed by atoms with Gasteiger partial charge in [-0.25, -0.2) is 0 Å². The minimum absolute atomic E-state index is 0.0125. The van der Waals surface area contributed by atoms with Crippen LogP contribution in [0.2, 0.25) is 0 Å². The summed E-state index contributed by atoms with van der Waals surface area (Å²) in [5.41, 5.74) is 2.12. The van der Waals surface area contributed by atoms with E-state index in [0.717, 1.165) is 11.3 Å². The Balaban J connectivity index is 1.66. The van der Waals surface area contributed by atoms with Crippen molar-refractivity contribution in [3.8, 4) is 11.5 Å². The van der Waals surface area contributed by atoms with Crippen LogP contribution >= 0.6 is 11.3 Å². The summed E-state index contributed by atoms with van der Waals surface area (Å²) in [6.45, 7) is 0.386. The quantitative estimate of drug-likeness (QED) is 0.631. The van der Waals surface area contributed by atoms with E-state index in [0.29, 0.717) is 28.4 Å². The molecule has 0 aliphatic carbocycles. The molecule has 1 aliphatic heterocycles. The lowest BCUT2D eigenvalue weighted by Gasteiger charge is -2.30. The molecule has 0 unspecified atom stereocenters. The minimum atomic E-state index is -0.140. The highest BCUT2D eigenvalue weighted by Crippen LogP contribution is 2.35. The van der Waals surface area contributed by atoms with Crippen LogP contribution in [0.5, 0.6) is 11.5 Å². The SMILES string of the molecule is COc1ccc(CN2C(=O)COc3ccc(C(=O)c4cccs4)cc32)cc1. The summed E-state index contributed by atoms with van der Waals surface area (Å²) in [6.07, 6.45) is 0. The maximum absolute atomic E-state index is 12.7. The second-order valence-corrected chi connectivity index (χ2v) is 7.05. The Hall–Kier alpha value is -3.12. The first kappa shape index (κ1) is 17.3. The highest BCUT2D eigenvalue weighted by Gasteiger charge is 2.27. The Labute approximate surface area is 160 Å². The Morgan fingerprint density at radius 3 is 2.70 bits per heavy atom. The number of ether oxygens (including phenoxy) is 2. The fraction of sp³-hybridized carbons (Fsp3) is 0.143. The third-order valence-corrected chi connectivity index (χ3v) is 5.28. The largest absolute Gasteiger partial charge is 0.497 e. The summed E-state index contributed by atoms with van der Waals surface area (Å²) in [5, 5.41) is 1.87. The smallest absolute Gasteiger partial charge is 0.265 e. The van der Waals surface area contributed by atoms with Gasteiger partial charge in [0, 0.05) is 5.56 Å². The van der Waals surface area contributed by atoms with Gasteiger partial charge in [0.1, 0.15) is 11.5 Å². The van der Waals surface area contributed by atoms with E-state index in [4.69, 9.17) is 9.47 Å². The van der Waals surface area contributed by atoms with E-state index in [1.165, 1.54) is 11.3 Å². The summed E-state index contributed by atoms with van der Waals surface area (Å²) >= 11 is 1.40. The number of nitrogens with zero attached hydrogens (tertiary/aromatic N) is 1. The number of benzene rings is 2. The third kappa shape index (κ3) is 3.44. The van der Waals surface area contributed by atoms with Crippen LogP contribution in [0.4, 0.5) is 5.69 Å². The predicted molar refractivity (Wildman–Crippen MR) is 104 cm³/mol. The number of thiophene rings is 1. The molecular weight excluding hydrogens is 362 g/mol. The van der Waals surface area contributed by atoms with Gasteiger partial charge in [0.2, 0.25) is 5.78 Å². The Morgan fingerprint density at radius 1 is 1.19 bits per heavy atom. The van der Waals surface area contributed by atoms with Gasteiger partial charge in [0.15, 0.2) is 6.61 Å². The van der Waals surface area contributed by atoms with Crippen LogP contribution in [0.15, 0.2) is 60.0 Å². The van der Waals surface area contributed by atoms with Crippen LogP contribution in [0.1, 0.15) is 20.8 Å². The first-order valence-corrected chi connectivity index (χ1v) is 9.32. The summed E-state index contributed by atoms with van der Waals surface area (Å²) < 4.78 is 10.7. The van der Waals surface area contributed by atoms with Gasteiger partial charge in [-0.3, -0.25) is 9.59 Å². The fourth-order valence-corrected chi connectivity index (χ4v) is 3.67. The average molecular weight is 379 g/mol. The zero-order valence-electron chi connectivity index (χ0n) is 14.7. The van der Waals surface area contributed by atoms with Crippen LogP contribution < -0.4 is 14.4 Å². The molecule has 0 bridgehead atoms. The Kier molecular flexibility index (Phi) is 4.64. The van der Waals surface area contributed by atoms with Crippen LogP contribution in [-0.2, 0) is 11.3 Å². The molecule has 1 aromatic heterocycles. The fourth-order valence-electron chi connectivity index (χ4n) is 2.98. The number of hydrogen-bond acceptors (Lipinski definition) is 5. The van der Waals surface area contributed by atoms with E-state index in [-0.39, 0.29) is 18.3 Å². The number of amides is 1. The van der Waals surface area contributed by atoms with E-state index in [2.05, 4.69) is 0 Å². The number of carbonyl (C=O) groups excluding carboxylic acids is 2. The normalized spacial score (nSPS) is 13.1. The lowest BCUT2D eigenvalue weighted by molar-refractivity contribution is -0.121. The molecule has 0 radical (unpaired) electrons. The minimum Gasteiger partial charge on any atom is -0.497 e.